The monoisotopic (exact) mass is 381 g/mol. The number of nitrogens with zero attached hydrogens (tertiary/aromatic N) is 2. The number of rotatable bonds is 7. The summed E-state index contributed by atoms with van der Waals surface area (Å²) in [6.45, 7) is 7.40. The number of ketones is 1. The van der Waals surface area contributed by atoms with E-state index in [1.54, 1.807) is 0 Å². The van der Waals surface area contributed by atoms with Gasteiger partial charge in [0.05, 0.1) is 11.4 Å². The van der Waals surface area contributed by atoms with Crippen LogP contribution in [-0.2, 0) is 14.8 Å². The van der Waals surface area contributed by atoms with E-state index >= 15 is 0 Å². The zero-order valence-electron chi connectivity index (χ0n) is 15.6. The molecule has 0 radical (unpaired) electrons. The molecule has 8 heteroatoms. The number of carbonyl (C=O) groups excluding carboxylic acids is 2. The van der Waals surface area contributed by atoms with Crippen LogP contribution in [0, 0.1) is 0 Å². The summed E-state index contributed by atoms with van der Waals surface area (Å²) in [5, 5.41) is 2.92. The Labute approximate surface area is 155 Å². The molecule has 1 aromatic rings. The average Bonchev–Trinajstić information content (AvgIpc) is 2.62. The first kappa shape index (κ1) is 20.5. The Morgan fingerprint density at radius 2 is 1.69 bits per heavy atom. The molecule has 1 atom stereocenters. The van der Waals surface area contributed by atoms with Crippen molar-refractivity contribution in [3.05, 3.63) is 29.8 Å². The van der Waals surface area contributed by atoms with Crippen LogP contribution in [0.25, 0.3) is 0 Å². The molecule has 1 aliphatic heterocycles. The van der Waals surface area contributed by atoms with Gasteiger partial charge in [-0.25, -0.2) is 8.42 Å². The minimum absolute atomic E-state index is 0.0320. The molecule has 26 heavy (non-hydrogen) atoms. The number of carbonyl (C=O) groups is 2. The smallest absolute Gasteiger partial charge is 0.243 e. The van der Waals surface area contributed by atoms with Gasteiger partial charge < -0.3 is 5.32 Å². The van der Waals surface area contributed by atoms with E-state index in [9.17, 15) is 18.0 Å². The minimum Gasteiger partial charge on any atom is -0.353 e. The highest BCUT2D eigenvalue weighted by molar-refractivity contribution is 7.89. The lowest BCUT2D eigenvalue weighted by Gasteiger charge is -2.33. The van der Waals surface area contributed by atoms with Crippen LogP contribution in [0.4, 0.5) is 0 Å². The van der Waals surface area contributed by atoms with Gasteiger partial charge in [0.15, 0.2) is 5.78 Å². The number of amides is 1. The Balaban J connectivity index is 1.93. The summed E-state index contributed by atoms with van der Waals surface area (Å²) in [7, 11) is -3.58. The van der Waals surface area contributed by atoms with Crippen molar-refractivity contribution in [1.29, 1.82) is 0 Å². The van der Waals surface area contributed by atoms with Gasteiger partial charge in [-0.1, -0.05) is 19.1 Å². The van der Waals surface area contributed by atoms with Crippen molar-refractivity contribution in [2.75, 3.05) is 32.7 Å². The second-order valence-corrected chi connectivity index (χ2v) is 8.58. The summed E-state index contributed by atoms with van der Waals surface area (Å²) in [4.78, 5) is 25.4. The number of nitrogens with one attached hydrogen (secondary N) is 1. The molecule has 1 fully saturated rings. The zero-order valence-corrected chi connectivity index (χ0v) is 16.4. The maximum atomic E-state index is 12.7. The second kappa shape index (κ2) is 8.75. The predicted molar refractivity (Wildman–Crippen MR) is 99.5 cm³/mol. The topological polar surface area (TPSA) is 86.8 Å². The molecule has 7 nitrogen and oxygen atoms in total. The van der Waals surface area contributed by atoms with Gasteiger partial charge in [-0.15, -0.1) is 0 Å². The van der Waals surface area contributed by atoms with E-state index in [0.29, 0.717) is 31.7 Å². The maximum absolute atomic E-state index is 12.7. The SMILES string of the molecule is CC[C@@H](C)NC(=O)CN1CCN(S(=O)(=O)c2ccc(C(C)=O)cc2)CC1. The Morgan fingerprint density at radius 3 is 2.19 bits per heavy atom. The lowest BCUT2D eigenvalue weighted by Crippen LogP contribution is -2.51. The van der Waals surface area contributed by atoms with Crippen LogP contribution >= 0.6 is 0 Å². The third kappa shape index (κ3) is 5.12. The quantitative estimate of drug-likeness (QED) is 0.715. The van der Waals surface area contributed by atoms with E-state index < -0.39 is 10.0 Å². The third-order valence-corrected chi connectivity index (χ3v) is 6.53. The van der Waals surface area contributed by atoms with Gasteiger partial charge in [-0.05, 0) is 32.4 Å². The van der Waals surface area contributed by atoms with Gasteiger partial charge in [0.2, 0.25) is 15.9 Å². The highest BCUT2D eigenvalue weighted by Crippen LogP contribution is 2.18. The van der Waals surface area contributed by atoms with E-state index in [0.717, 1.165) is 6.42 Å². The molecule has 0 spiro atoms. The molecule has 0 unspecified atom stereocenters. The molecule has 2 rings (SSSR count). The van der Waals surface area contributed by atoms with Crippen LogP contribution in [0.1, 0.15) is 37.6 Å². The Bertz CT molecular complexity index is 738. The lowest BCUT2D eigenvalue weighted by atomic mass is 10.2. The van der Waals surface area contributed by atoms with Crippen LogP contribution in [0.5, 0.6) is 0 Å². The Morgan fingerprint density at radius 1 is 1.12 bits per heavy atom. The maximum Gasteiger partial charge on any atom is 0.243 e. The van der Waals surface area contributed by atoms with E-state index in [-0.39, 0.29) is 29.2 Å². The molecule has 1 N–H and O–H groups in total. The largest absolute Gasteiger partial charge is 0.353 e. The van der Waals surface area contributed by atoms with Crippen LogP contribution in [0.3, 0.4) is 0 Å². The van der Waals surface area contributed by atoms with Crippen LogP contribution in [0.2, 0.25) is 0 Å². The van der Waals surface area contributed by atoms with Gasteiger partial charge in [0, 0.05) is 37.8 Å². The first-order chi connectivity index (χ1) is 12.2. The summed E-state index contributed by atoms with van der Waals surface area (Å²) in [5.41, 5.74) is 0.487. The molecule has 0 aromatic heterocycles. The van der Waals surface area contributed by atoms with Gasteiger partial charge in [0.25, 0.3) is 0 Å². The predicted octanol–water partition coefficient (Wildman–Crippen LogP) is 1.11. The van der Waals surface area contributed by atoms with Crippen LogP contribution in [-0.4, -0.2) is 68.1 Å². The Kier molecular flexibility index (Phi) is 6.91. The molecule has 1 amide bonds. The van der Waals surface area contributed by atoms with E-state index in [2.05, 4.69) is 5.32 Å². The summed E-state index contributed by atoms with van der Waals surface area (Å²) in [5.74, 6) is -0.131. The second-order valence-electron chi connectivity index (χ2n) is 6.64. The fourth-order valence-electron chi connectivity index (χ4n) is 2.76. The molecule has 144 valence electrons. The third-order valence-electron chi connectivity index (χ3n) is 4.62. The van der Waals surface area contributed by atoms with Crippen molar-refractivity contribution >= 4 is 21.7 Å². The highest BCUT2D eigenvalue weighted by Gasteiger charge is 2.29. The molecule has 1 heterocycles. The fourth-order valence-corrected chi connectivity index (χ4v) is 4.19. The highest BCUT2D eigenvalue weighted by atomic mass is 32.2. The van der Waals surface area contributed by atoms with Crippen LogP contribution < -0.4 is 5.32 Å². The van der Waals surface area contributed by atoms with Crippen molar-refractivity contribution in [3.63, 3.8) is 0 Å². The van der Waals surface area contributed by atoms with Crippen molar-refractivity contribution in [2.45, 2.75) is 38.1 Å². The standard InChI is InChI=1S/C18H27N3O4S/c1-4-14(2)19-18(23)13-20-9-11-21(12-10-20)26(24,25)17-7-5-16(6-8-17)15(3)22/h5-8,14H,4,9-13H2,1-3H3,(H,19,23)/t14-/m1/s1. The molecular formula is C18H27N3O4S. The average molecular weight is 381 g/mol. The van der Waals surface area contributed by atoms with Crippen molar-refractivity contribution in [3.8, 4) is 0 Å². The molecule has 1 aromatic carbocycles. The van der Waals surface area contributed by atoms with Gasteiger partial charge in [0.1, 0.15) is 0 Å². The van der Waals surface area contributed by atoms with E-state index in [1.165, 1.54) is 35.5 Å². The van der Waals surface area contributed by atoms with Gasteiger partial charge >= 0.3 is 0 Å². The van der Waals surface area contributed by atoms with Crippen molar-refractivity contribution < 1.29 is 18.0 Å². The van der Waals surface area contributed by atoms with E-state index in [4.69, 9.17) is 0 Å². The minimum atomic E-state index is -3.58. The summed E-state index contributed by atoms with van der Waals surface area (Å²) < 4.78 is 26.9. The number of Topliss-reactive ketones (excluding diaryl/α,β-unsaturated/α-hetero) is 1. The molecule has 1 aliphatic rings. The number of sulfonamides is 1. The Hall–Kier alpha value is -1.77. The van der Waals surface area contributed by atoms with E-state index in [1.807, 2.05) is 18.7 Å². The van der Waals surface area contributed by atoms with Crippen LogP contribution in [0.15, 0.2) is 29.2 Å². The number of hydrogen-bond donors (Lipinski definition) is 1. The number of benzene rings is 1. The molecule has 0 bridgehead atoms. The van der Waals surface area contributed by atoms with Crippen molar-refractivity contribution in [2.24, 2.45) is 0 Å². The van der Waals surface area contributed by atoms with Crippen molar-refractivity contribution in [1.82, 2.24) is 14.5 Å². The number of hydrogen-bond acceptors (Lipinski definition) is 5. The lowest BCUT2D eigenvalue weighted by molar-refractivity contribution is -0.123. The first-order valence-electron chi connectivity index (χ1n) is 8.87. The summed E-state index contributed by atoms with van der Waals surface area (Å²) >= 11 is 0. The van der Waals surface area contributed by atoms with Gasteiger partial charge in [-0.3, -0.25) is 14.5 Å². The summed E-state index contributed by atoms with van der Waals surface area (Å²) in [6, 6.07) is 6.15. The fraction of sp³-hybridized carbons (Fsp3) is 0.556. The first-order valence-corrected chi connectivity index (χ1v) is 10.3. The normalized spacial score (nSPS) is 17.7. The zero-order chi connectivity index (χ0) is 19.3. The van der Waals surface area contributed by atoms with Gasteiger partial charge in [-0.2, -0.15) is 4.31 Å². The molecule has 0 aliphatic carbocycles. The molecule has 0 saturated carbocycles. The molecule has 1 saturated heterocycles. The molecular weight excluding hydrogens is 354 g/mol. The number of piperazine rings is 1. The summed E-state index contributed by atoms with van der Waals surface area (Å²) in [6.07, 6.45) is 0.875.